The molecule has 0 unspecified atom stereocenters. The molecule has 2 heterocycles. The first-order chi connectivity index (χ1) is 6.72. The number of aromatic nitrogens is 2. The summed E-state index contributed by atoms with van der Waals surface area (Å²) < 4.78 is 0. The van der Waals surface area contributed by atoms with Gasteiger partial charge in [0.25, 0.3) is 0 Å². The third-order valence-electron chi connectivity index (χ3n) is 2.18. The molecule has 2 aromatic rings. The molecule has 2 aromatic heterocycles. The molecule has 4 nitrogen and oxygen atoms in total. The van der Waals surface area contributed by atoms with Crippen molar-refractivity contribution in [3.8, 4) is 0 Å². The average Bonchev–Trinajstić information content (AvgIpc) is 2.59. The van der Waals surface area contributed by atoms with Crippen molar-refractivity contribution in [1.82, 2.24) is 9.97 Å². The van der Waals surface area contributed by atoms with Crippen molar-refractivity contribution in [2.24, 2.45) is 11.5 Å². The van der Waals surface area contributed by atoms with Gasteiger partial charge in [0, 0.05) is 30.4 Å². The van der Waals surface area contributed by atoms with E-state index in [2.05, 4.69) is 9.97 Å². The number of nitrogens with one attached hydrogen (secondary N) is 1. The van der Waals surface area contributed by atoms with E-state index >= 15 is 0 Å². The molecule has 0 bridgehead atoms. The molecule has 0 aliphatic rings. The maximum Gasteiger partial charge on any atom is 0.137 e. The summed E-state index contributed by atoms with van der Waals surface area (Å²) in [6.07, 6.45) is 3.42. The van der Waals surface area contributed by atoms with Gasteiger partial charge in [-0.25, -0.2) is 4.98 Å². The number of fused-ring (bicyclic) bond motifs is 1. The van der Waals surface area contributed by atoms with Crippen LogP contribution in [0.4, 0.5) is 0 Å². The maximum atomic E-state index is 5.85. The lowest BCUT2D eigenvalue weighted by Crippen LogP contribution is -2.20. The fraction of sp³-hybridized carbons (Fsp3) is 0.222. The molecule has 0 amide bonds. The van der Waals surface area contributed by atoms with Crippen LogP contribution < -0.4 is 11.5 Å². The van der Waals surface area contributed by atoms with E-state index in [1.54, 1.807) is 6.20 Å². The summed E-state index contributed by atoms with van der Waals surface area (Å²) in [6.45, 7) is 0.402. The van der Waals surface area contributed by atoms with Gasteiger partial charge in [0.05, 0.1) is 5.02 Å². The van der Waals surface area contributed by atoms with Crippen molar-refractivity contribution in [1.29, 1.82) is 0 Å². The molecule has 1 atom stereocenters. The second-order valence-electron chi connectivity index (χ2n) is 3.14. The lowest BCUT2D eigenvalue weighted by molar-refractivity contribution is 0.743. The summed E-state index contributed by atoms with van der Waals surface area (Å²) in [5, 5.41) is 1.54. The number of hydrogen-bond acceptors (Lipinski definition) is 3. The highest BCUT2D eigenvalue weighted by Crippen LogP contribution is 2.23. The number of hydrogen-bond donors (Lipinski definition) is 3. The molecule has 5 heteroatoms. The van der Waals surface area contributed by atoms with Crippen LogP contribution in [0.3, 0.4) is 0 Å². The van der Waals surface area contributed by atoms with Gasteiger partial charge in [-0.1, -0.05) is 11.6 Å². The van der Waals surface area contributed by atoms with Crippen LogP contribution in [0.25, 0.3) is 11.0 Å². The minimum absolute atomic E-state index is 0.177. The minimum atomic E-state index is -0.177. The van der Waals surface area contributed by atoms with Gasteiger partial charge in [-0.3, -0.25) is 0 Å². The highest BCUT2D eigenvalue weighted by Gasteiger charge is 2.10. The number of pyridine rings is 1. The van der Waals surface area contributed by atoms with Gasteiger partial charge in [-0.2, -0.15) is 0 Å². The van der Waals surface area contributed by atoms with Gasteiger partial charge in [-0.05, 0) is 11.6 Å². The summed E-state index contributed by atoms with van der Waals surface area (Å²) in [5.74, 6) is 0. The van der Waals surface area contributed by atoms with E-state index in [1.165, 1.54) is 0 Å². The molecule has 14 heavy (non-hydrogen) atoms. The van der Waals surface area contributed by atoms with Crippen molar-refractivity contribution < 1.29 is 0 Å². The van der Waals surface area contributed by atoms with Gasteiger partial charge in [0.2, 0.25) is 0 Å². The highest BCUT2D eigenvalue weighted by atomic mass is 35.5. The summed E-state index contributed by atoms with van der Waals surface area (Å²) >= 11 is 5.85. The molecule has 0 saturated heterocycles. The Morgan fingerprint density at radius 1 is 1.57 bits per heavy atom. The number of H-pyrrole nitrogens is 1. The van der Waals surface area contributed by atoms with E-state index in [0.29, 0.717) is 11.6 Å². The molecule has 5 N–H and O–H groups in total. The molecular formula is C9H11ClN4. The van der Waals surface area contributed by atoms with Crippen LogP contribution in [-0.2, 0) is 0 Å². The second-order valence-corrected chi connectivity index (χ2v) is 3.57. The van der Waals surface area contributed by atoms with E-state index in [9.17, 15) is 0 Å². The van der Waals surface area contributed by atoms with E-state index in [4.69, 9.17) is 23.1 Å². The van der Waals surface area contributed by atoms with Crippen molar-refractivity contribution in [3.05, 3.63) is 29.0 Å². The standard InChI is InChI=1S/C9H11ClN4/c10-5-1-6-7(8(12)2-11)4-14-9(6)13-3-5/h1,3-4,8H,2,11-12H2,(H,13,14)/t8-/m1/s1. The molecule has 0 saturated carbocycles. The van der Waals surface area contributed by atoms with E-state index in [-0.39, 0.29) is 6.04 Å². The summed E-state index contributed by atoms with van der Waals surface area (Å²) in [6, 6.07) is 1.66. The second kappa shape index (κ2) is 3.57. The zero-order chi connectivity index (χ0) is 10.1. The lowest BCUT2D eigenvalue weighted by atomic mass is 10.1. The zero-order valence-electron chi connectivity index (χ0n) is 7.50. The Morgan fingerprint density at radius 2 is 2.36 bits per heavy atom. The number of nitrogens with zero attached hydrogens (tertiary/aromatic N) is 1. The molecule has 0 spiro atoms. The average molecular weight is 211 g/mol. The largest absolute Gasteiger partial charge is 0.346 e. The van der Waals surface area contributed by atoms with Crippen LogP contribution in [0.5, 0.6) is 0 Å². The van der Waals surface area contributed by atoms with Gasteiger partial charge < -0.3 is 16.5 Å². The van der Waals surface area contributed by atoms with E-state index < -0.39 is 0 Å². The Kier molecular flexibility index (Phi) is 2.41. The number of nitrogens with two attached hydrogens (primary N) is 2. The van der Waals surface area contributed by atoms with Crippen LogP contribution in [0, 0.1) is 0 Å². The van der Waals surface area contributed by atoms with E-state index in [0.717, 1.165) is 16.6 Å². The van der Waals surface area contributed by atoms with Crippen LogP contribution in [0.1, 0.15) is 11.6 Å². The number of rotatable bonds is 2. The zero-order valence-corrected chi connectivity index (χ0v) is 8.25. The fourth-order valence-corrected chi connectivity index (χ4v) is 1.59. The van der Waals surface area contributed by atoms with Gasteiger partial charge >= 0.3 is 0 Å². The van der Waals surface area contributed by atoms with Crippen LogP contribution in [-0.4, -0.2) is 16.5 Å². The van der Waals surface area contributed by atoms with Gasteiger partial charge in [-0.15, -0.1) is 0 Å². The Morgan fingerprint density at radius 3 is 3.07 bits per heavy atom. The number of halogens is 1. The SMILES string of the molecule is NC[C@@H](N)c1c[nH]c2ncc(Cl)cc12. The normalized spacial score (nSPS) is 13.4. The molecule has 2 rings (SSSR count). The van der Waals surface area contributed by atoms with Crippen molar-refractivity contribution in [2.45, 2.75) is 6.04 Å². The highest BCUT2D eigenvalue weighted by molar-refractivity contribution is 6.31. The Hall–Kier alpha value is -1.10. The predicted octanol–water partition coefficient (Wildman–Crippen LogP) is 1.17. The molecular weight excluding hydrogens is 200 g/mol. The lowest BCUT2D eigenvalue weighted by Gasteiger charge is -2.06. The topological polar surface area (TPSA) is 80.7 Å². The van der Waals surface area contributed by atoms with Gasteiger partial charge in [0.15, 0.2) is 0 Å². The van der Waals surface area contributed by atoms with Crippen molar-refractivity contribution in [3.63, 3.8) is 0 Å². The van der Waals surface area contributed by atoms with Gasteiger partial charge in [0.1, 0.15) is 5.65 Å². The van der Waals surface area contributed by atoms with Crippen LogP contribution >= 0.6 is 11.6 Å². The summed E-state index contributed by atoms with van der Waals surface area (Å²) in [7, 11) is 0. The Bertz CT molecular complexity index is 451. The first kappa shape index (κ1) is 9.45. The van der Waals surface area contributed by atoms with E-state index in [1.807, 2.05) is 12.3 Å². The monoisotopic (exact) mass is 210 g/mol. The first-order valence-electron chi connectivity index (χ1n) is 4.30. The first-order valence-corrected chi connectivity index (χ1v) is 4.68. The van der Waals surface area contributed by atoms with Crippen molar-refractivity contribution >= 4 is 22.6 Å². The molecule has 74 valence electrons. The summed E-state index contributed by atoms with van der Waals surface area (Å²) in [4.78, 5) is 7.16. The molecule has 0 fully saturated rings. The quantitative estimate of drug-likeness (QED) is 0.696. The molecule has 0 aromatic carbocycles. The smallest absolute Gasteiger partial charge is 0.137 e. The molecule has 0 aliphatic heterocycles. The fourth-order valence-electron chi connectivity index (χ4n) is 1.43. The summed E-state index contributed by atoms with van der Waals surface area (Å²) in [5.41, 5.74) is 13.1. The third kappa shape index (κ3) is 1.48. The van der Waals surface area contributed by atoms with Crippen LogP contribution in [0.2, 0.25) is 5.02 Å². The maximum absolute atomic E-state index is 5.85. The predicted molar refractivity (Wildman–Crippen MR) is 57.1 cm³/mol. The third-order valence-corrected chi connectivity index (χ3v) is 2.39. The minimum Gasteiger partial charge on any atom is -0.346 e. The Balaban J connectivity index is 2.61. The van der Waals surface area contributed by atoms with Crippen LogP contribution in [0.15, 0.2) is 18.5 Å². The Labute approximate surface area is 86.3 Å². The van der Waals surface area contributed by atoms with Crippen molar-refractivity contribution in [2.75, 3.05) is 6.54 Å². The molecule has 0 radical (unpaired) electrons. The number of aromatic amines is 1. The molecule has 0 aliphatic carbocycles.